The van der Waals surface area contributed by atoms with Crippen molar-refractivity contribution in [3.05, 3.63) is 65.2 Å². The highest BCUT2D eigenvalue weighted by Gasteiger charge is 2.13. The highest BCUT2D eigenvalue weighted by atomic mass is 32.2. The number of hydrogen-bond donors (Lipinski definition) is 1. The second-order valence-corrected chi connectivity index (χ2v) is 7.01. The van der Waals surface area contributed by atoms with E-state index >= 15 is 0 Å². The van der Waals surface area contributed by atoms with Gasteiger partial charge in [0.15, 0.2) is 6.10 Å². The molecule has 0 radical (unpaired) electrons. The molecule has 0 aromatic heterocycles. The third-order valence-corrected chi connectivity index (χ3v) is 4.67. The Morgan fingerprint density at radius 3 is 2.25 bits per heavy atom. The molecule has 0 aliphatic carbocycles. The van der Waals surface area contributed by atoms with E-state index in [2.05, 4.69) is 36.5 Å². The minimum absolute atomic E-state index is 0.0773. The van der Waals surface area contributed by atoms with Gasteiger partial charge in [0, 0.05) is 18.1 Å². The van der Waals surface area contributed by atoms with Crippen LogP contribution in [0.4, 0.5) is 0 Å². The van der Waals surface area contributed by atoms with Gasteiger partial charge >= 0.3 is 0 Å². The molecule has 2 rings (SSSR count). The van der Waals surface area contributed by atoms with E-state index < -0.39 is 6.10 Å². The average molecular weight is 343 g/mol. The van der Waals surface area contributed by atoms with Gasteiger partial charge in [-0.1, -0.05) is 47.5 Å². The third kappa shape index (κ3) is 6.28. The highest BCUT2D eigenvalue weighted by molar-refractivity contribution is 7.98. The first-order valence-corrected chi connectivity index (χ1v) is 9.34. The van der Waals surface area contributed by atoms with E-state index in [1.807, 2.05) is 43.0 Å². The fourth-order valence-corrected chi connectivity index (χ4v) is 2.96. The number of aryl methyl sites for hydroxylation is 2. The van der Waals surface area contributed by atoms with E-state index in [-0.39, 0.29) is 5.91 Å². The summed E-state index contributed by atoms with van der Waals surface area (Å²) in [6.45, 7) is 6.53. The smallest absolute Gasteiger partial charge is 0.260 e. The normalized spacial score (nSPS) is 11.8. The Hall–Kier alpha value is -1.94. The van der Waals surface area contributed by atoms with Crippen molar-refractivity contribution in [1.82, 2.24) is 5.32 Å². The molecule has 0 saturated heterocycles. The van der Waals surface area contributed by atoms with Gasteiger partial charge in [-0.2, -0.15) is 11.8 Å². The molecular weight excluding hydrogens is 318 g/mol. The van der Waals surface area contributed by atoms with Crippen molar-refractivity contribution in [2.45, 2.75) is 32.6 Å². The molecule has 24 heavy (non-hydrogen) atoms. The van der Waals surface area contributed by atoms with Crippen LogP contribution < -0.4 is 10.1 Å². The van der Waals surface area contributed by atoms with Crippen molar-refractivity contribution < 1.29 is 9.53 Å². The van der Waals surface area contributed by atoms with Crippen LogP contribution in [-0.2, 0) is 10.5 Å². The molecule has 0 fully saturated rings. The van der Waals surface area contributed by atoms with Crippen LogP contribution in [0, 0.1) is 13.8 Å². The molecule has 1 N–H and O–H groups in total. The average Bonchev–Trinajstić information content (AvgIpc) is 2.58. The van der Waals surface area contributed by atoms with E-state index in [9.17, 15) is 4.79 Å². The van der Waals surface area contributed by atoms with Gasteiger partial charge in [0.1, 0.15) is 5.75 Å². The largest absolute Gasteiger partial charge is 0.481 e. The first-order valence-electron chi connectivity index (χ1n) is 8.19. The van der Waals surface area contributed by atoms with Crippen LogP contribution in [0.15, 0.2) is 48.5 Å². The molecule has 0 aliphatic rings. The van der Waals surface area contributed by atoms with Gasteiger partial charge in [-0.3, -0.25) is 4.79 Å². The Bertz CT molecular complexity index is 638. The molecule has 2 aromatic carbocycles. The zero-order chi connectivity index (χ0) is 17.4. The molecule has 0 heterocycles. The monoisotopic (exact) mass is 343 g/mol. The van der Waals surface area contributed by atoms with E-state index in [1.54, 1.807) is 6.92 Å². The number of carbonyl (C=O) groups is 1. The number of carbonyl (C=O) groups excluding carboxylic acids is 1. The van der Waals surface area contributed by atoms with Crippen molar-refractivity contribution in [3.63, 3.8) is 0 Å². The summed E-state index contributed by atoms with van der Waals surface area (Å²) in [7, 11) is 0. The summed E-state index contributed by atoms with van der Waals surface area (Å²) in [5.74, 6) is 2.49. The quantitative estimate of drug-likeness (QED) is 0.733. The first-order chi connectivity index (χ1) is 11.5. The van der Waals surface area contributed by atoms with Crippen molar-refractivity contribution in [2.75, 3.05) is 12.3 Å². The molecule has 0 saturated carbocycles. The Labute approximate surface area is 148 Å². The summed E-state index contributed by atoms with van der Waals surface area (Å²) in [6.07, 6.45) is -0.491. The van der Waals surface area contributed by atoms with Gasteiger partial charge in [-0.15, -0.1) is 0 Å². The summed E-state index contributed by atoms with van der Waals surface area (Å²) in [5, 5.41) is 2.92. The maximum absolute atomic E-state index is 12.0. The number of thioether (sulfide) groups is 1. The zero-order valence-corrected chi connectivity index (χ0v) is 15.4. The van der Waals surface area contributed by atoms with E-state index in [1.165, 1.54) is 16.7 Å². The maximum Gasteiger partial charge on any atom is 0.260 e. The topological polar surface area (TPSA) is 38.3 Å². The van der Waals surface area contributed by atoms with Crippen LogP contribution in [0.5, 0.6) is 5.75 Å². The minimum Gasteiger partial charge on any atom is -0.481 e. The van der Waals surface area contributed by atoms with Gasteiger partial charge in [0.05, 0.1) is 0 Å². The number of amides is 1. The van der Waals surface area contributed by atoms with E-state index in [0.29, 0.717) is 6.54 Å². The fourth-order valence-electron chi connectivity index (χ4n) is 2.14. The van der Waals surface area contributed by atoms with Crippen LogP contribution in [0.1, 0.15) is 23.6 Å². The SMILES string of the molecule is Cc1ccc(CSCCNC(=O)[C@H](C)Oc2ccc(C)cc2)cc1. The molecule has 0 bridgehead atoms. The molecule has 0 unspecified atom stereocenters. The molecule has 1 amide bonds. The van der Waals surface area contributed by atoms with Crippen molar-refractivity contribution in [3.8, 4) is 5.75 Å². The first kappa shape index (κ1) is 18.4. The zero-order valence-electron chi connectivity index (χ0n) is 14.5. The van der Waals surface area contributed by atoms with Gasteiger partial charge < -0.3 is 10.1 Å². The summed E-state index contributed by atoms with van der Waals surface area (Å²) < 4.78 is 5.65. The van der Waals surface area contributed by atoms with E-state index in [4.69, 9.17) is 4.74 Å². The number of nitrogens with one attached hydrogen (secondary N) is 1. The Kier molecular flexibility index (Phi) is 7.19. The van der Waals surface area contributed by atoms with Crippen LogP contribution in [0.3, 0.4) is 0 Å². The highest BCUT2D eigenvalue weighted by Crippen LogP contribution is 2.14. The number of rotatable bonds is 8. The lowest BCUT2D eigenvalue weighted by Gasteiger charge is -2.14. The second kappa shape index (κ2) is 9.38. The Morgan fingerprint density at radius 2 is 1.62 bits per heavy atom. The predicted molar refractivity (Wildman–Crippen MR) is 102 cm³/mol. The van der Waals surface area contributed by atoms with Crippen LogP contribution in [-0.4, -0.2) is 24.3 Å². The van der Waals surface area contributed by atoms with Crippen LogP contribution in [0.25, 0.3) is 0 Å². The lowest BCUT2D eigenvalue weighted by Crippen LogP contribution is -2.37. The molecular formula is C20H25NO2S. The number of benzene rings is 2. The predicted octanol–water partition coefficient (Wildman–Crippen LogP) is 4.12. The fraction of sp³-hybridized carbons (Fsp3) is 0.350. The standard InChI is InChI=1S/C20H25NO2S/c1-15-4-8-18(9-5-15)14-24-13-12-21-20(22)17(3)23-19-10-6-16(2)7-11-19/h4-11,17H,12-14H2,1-3H3,(H,21,22)/t17-/m0/s1. The molecule has 2 aromatic rings. The van der Waals surface area contributed by atoms with Gasteiger partial charge in [0.2, 0.25) is 0 Å². The lowest BCUT2D eigenvalue weighted by molar-refractivity contribution is -0.127. The minimum atomic E-state index is -0.491. The summed E-state index contributed by atoms with van der Waals surface area (Å²) in [6, 6.07) is 16.3. The second-order valence-electron chi connectivity index (χ2n) is 5.90. The van der Waals surface area contributed by atoms with Crippen LogP contribution >= 0.6 is 11.8 Å². The lowest BCUT2D eigenvalue weighted by atomic mass is 10.2. The van der Waals surface area contributed by atoms with E-state index in [0.717, 1.165) is 17.3 Å². The molecule has 4 heteroatoms. The van der Waals surface area contributed by atoms with Gasteiger partial charge in [-0.25, -0.2) is 0 Å². The summed E-state index contributed by atoms with van der Waals surface area (Å²) in [4.78, 5) is 12.0. The van der Waals surface area contributed by atoms with Gasteiger partial charge in [0.25, 0.3) is 5.91 Å². The molecule has 0 spiro atoms. The number of hydrogen-bond acceptors (Lipinski definition) is 3. The van der Waals surface area contributed by atoms with Crippen molar-refractivity contribution in [2.24, 2.45) is 0 Å². The Morgan fingerprint density at radius 1 is 1.04 bits per heavy atom. The van der Waals surface area contributed by atoms with Crippen LogP contribution in [0.2, 0.25) is 0 Å². The summed E-state index contributed by atoms with van der Waals surface area (Å²) >= 11 is 1.82. The summed E-state index contributed by atoms with van der Waals surface area (Å²) in [5.41, 5.74) is 3.76. The Balaban J connectivity index is 1.63. The number of ether oxygens (including phenoxy) is 1. The van der Waals surface area contributed by atoms with Gasteiger partial charge in [-0.05, 0) is 38.5 Å². The third-order valence-electron chi connectivity index (χ3n) is 3.64. The molecule has 0 aliphatic heterocycles. The molecule has 128 valence electrons. The van der Waals surface area contributed by atoms with Crippen molar-refractivity contribution in [1.29, 1.82) is 0 Å². The van der Waals surface area contributed by atoms with Crippen molar-refractivity contribution >= 4 is 17.7 Å². The molecule has 3 nitrogen and oxygen atoms in total. The molecule has 1 atom stereocenters. The maximum atomic E-state index is 12.0.